The maximum atomic E-state index is 12.1. The summed E-state index contributed by atoms with van der Waals surface area (Å²) in [5, 5.41) is 12.7. The zero-order chi connectivity index (χ0) is 19.9. The van der Waals surface area contributed by atoms with E-state index in [1.54, 1.807) is 12.1 Å². The van der Waals surface area contributed by atoms with Crippen molar-refractivity contribution in [3.05, 3.63) is 65.4 Å². The molecule has 0 bridgehead atoms. The number of aliphatic carboxylic acids is 1. The minimum Gasteiger partial charge on any atom is -0.482 e. The fourth-order valence-electron chi connectivity index (χ4n) is 3.15. The summed E-state index contributed by atoms with van der Waals surface area (Å²) in [6, 6.07) is 13.4. The highest BCUT2D eigenvalue weighted by Gasteiger charge is 2.08. The Morgan fingerprint density at radius 3 is 2.64 bits per heavy atom. The molecule has 6 nitrogen and oxygen atoms in total. The molecule has 0 atom stereocenters. The Kier molecular flexibility index (Phi) is 6.32. The summed E-state index contributed by atoms with van der Waals surface area (Å²) in [6.45, 7) is 2.27. The molecule has 146 valence electrons. The van der Waals surface area contributed by atoms with E-state index in [9.17, 15) is 9.59 Å². The number of H-pyrrole nitrogens is 1. The number of hydrogen-bond donors (Lipinski definition) is 3. The van der Waals surface area contributed by atoms with E-state index in [-0.39, 0.29) is 12.5 Å². The van der Waals surface area contributed by atoms with Gasteiger partial charge in [0.25, 0.3) is 0 Å². The van der Waals surface area contributed by atoms with Crippen LogP contribution in [-0.2, 0) is 22.4 Å². The smallest absolute Gasteiger partial charge is 0.341 e. The van der Waals surface area contributed by atoms with E-state index in [4.69, 9.17) is 9.84 Å². The Balaban J connectivity index is 1.42. The summed E-state index contributed by atoms with van der Waals surface area (Å²) in [5.74, 6) is -0.456. The van der Waals surface area contributed by atoms with Gasteiger partial charge in [0.1, 0.15) is 5.75 Å². The van der Waals surface area contributed by atoms with E-state index in [0.29, 0.717) is 31.6 Å². The average molecular weight is 380 g/mol. The number of ether oxygens (including phenoxy) is 1. The SMILES string of the molecule is Cc1cccc2c(CCC(=O)NCCc3ccc(OCC(=O)O)cc3)c[nH]c12. The van der Waals surface area contributed by atoms with Crippen LogP contribution in [0.1, 0.15) is 23.1 Å². The highest BCUT2D eigenvalue weighted by atomic mass is 16.5. The van der Waals surface area contributed by atoms with Crippen LogP contribution in [0.4, 0.5) is 0 Å². The number of nitrogens with one attached hydrogen (secondary N) is 2. The van der Waals surface area contributed by atoms with Crippen molar-refractivity contribution in [1.29, 1.82) is 0 Å². The van der Waals surface area contributed by atoms with E-state index in [2.05, 4.69) is 29.4 Å². The summed E-state index contributed by atoms with van der Waals surface area (Å²) in [4.78, 5) is 25.9. The number of aromatic amines is 1. The molecule has 0 saturated carbocycles. The number of fused-ring (bicyclic) bond motifs is 1. The van der Waals surface area contributed by atoms with Gasteiger partial charge in [-0.05, 0) is 48.6 Å². The molecule has 3 N–H and O–H groups in total. The molecule has 2 aromatic carbocycles. The van der Waals surface area contributed by atoms with Crippen molar-refractivity contribution in [3.63, 3.8) is 0 Å². The first-order valence-corrected chi connectivity index (χ1v) is 9.29. The third kappa shape index (κ3) is 5.13. The molecular formula is C22H24N2O4. The zero-order valence-corrected chi connectivity index (χ0v) is 15.8. The van der Waals surface area contributed by atoms with Gasteiger partial charge in [-0.15, -0.1) is 0 Å². The molecule has 3 aromatic rings. The first-order chi connectivity index (χ1) is 13.5. The first-order valence-electron chi connectivity index (χ1n) is 9.29. The number of amides is 1. The molecule has 3 rings (SSSR count). The fourth-order valence-corrected chi connectivity index (χ4v) is 3.15. The van der Waals surface area contributed by atoms with Crippen LogP contribution < -0.4 is 10.1 Å². The topological polar surface area (TPSA) is 91.4 Å². The van der Waals surface area contributed by atoms with Crippen LogP contribution in [0, 0.1) is 6.92 Å². The van der Waals surface area contributed by atoms with E-state index in [1.807, 2.05) is 24.4 Å². The predicted molar refractivity (Wildman–Crippen MR) is 108 cm³/mol. The van der Waals surface area contributed by atoms with Crippen LogP contribution >= 0.6 is 0 Å². The Morgan fingerprint density at radius 2 is 1.89 bits per heavy atom. The van der Waals surface area contributed by atoms with Crippen LogP contribution in [0.2, 0.25) is 0 Å². The fraction of sp³-hybridized carbons (Fsp3) is 0.273. The molecule has 6 heteroatoms. The van der Waals surface area contributed by atoms with Crippen molar-refractivity contribution in [1.82, 2.24) is 10.3 Å². The third-order valence-electron chi connectivity index (χ3n) is 4.65. The lowest BCUT2D eigenvalue weighted by molar-refractivity contribution is -0.139. The van der Waals surface area contributed by atoms with Gasteiger partial charge < -0.3 is 20.1 Å². The van der Waals surface area contributed by atoms with Crippen molar-refractivity contribution < 1.29 is 19.4 Å². The number of carboxylic acids is 1. The van der Waals surface area contributed by atoms with Gasteiger partial charge in [-0.2, -0.15) is 0 Å². The van der Waals surface area contributed by atoms with E-state index in [1.165, 1.54) is 10.9 Å². The molecule has 0 aliphatic rings. The number of para-hydroxylation sites is 1. The van der Waals surface area contributed by atoms with Crippen molar-refractivity contribution in [2.24, 2.45) is 0 Å². The second kappa shape index (κ2) is 9.08. The number of aryl methyl sites for hydroxylation is 2. The maximum Gasteiger partial charge on any atom is 0.341 e. The number of carbonyl (C=O) groups is 2. The number of hydrogen-bond acceptors (Lipinski definition) is 3. The molecule has 1 aromatic heterocycles. The standard InChI is InChI=1S/C22H24N2O4/c1-15-3-2-4-19-17(13-24-22(15)19)7-10-20(25)23-12-11-16-5-8-18(9-6-16)28-14-21(26)27/h2-6,8-9,13,24H,7,10-12,14H2,1H3,(H,23,25)(H,26,27). The van der Waals surface area contributed by atoms with Gasteiger partial charge in [-0.25, -0.2) is 4.79 Å². The molecule has 1 amide bonds. The summed E-state index contributed by atoms with van der Waals surface area (Å²) in [5.41, 5.74) is 4.54. The van der Waals surface area contributed by atoms with Crippen LogP contribution in [0.3, 0.4) is 0 Å². The minimum absolute atomic E-state index is 0.0309. The molecule has 0 radical (unpaired) electrons. The summed E-state index contributed by atoms with van der Waals surface area (Å²) in [7, 11) is 0. The molecular weight excluding hydrogens is 356 g/mol. The number of aromatic nitrogens is 1. The summed E-state index contributed by atoms with van der Waals surface area (Å²) in [6.07, 6.45) is 3.84. The van der Waals surface area contributed by atoms with Gasteiger partial charge >= 0.3 is 5.97 Å². The molecule has 0 unspecified atom stereocenters. The molecule has 0 aliphatic carbocycles. The quantitative estimate of drug-likeness (QED) is 0.531. The number of carboxylic acid groups (broad SMARTS) is 1. The highest BCUT2D eigenvalue weighted by molar-refractivity contribution is 5.86. The monoisotopic (exact) mass is 380 g/mol. The van der Waals surface area contributed by atoms with E-state index in [0.717, 1.165) is 16.6 Å². The molecule has 0 spiro atoms. The highest BCUT2D eigenvalue weighted by Crippen LogP contribution is 2.22. The summed E-state index contributed by atoms with van der Waals surface area (Å²) >= 11 is 0. The molecule has 0 aliphatic heterocycles. The lowest BCUT2D eigenvalue weighted by atomic mass is 10.1. The third-order valence-corrected chi connectivity index (χ3v) is 4.65. The van der Waals surface area contributed by atoms with Crippen LogP contribution in [-0.4, -0.2) is 35.1 Å². The minimum atomic E-state index is -1.01. The second-order valence-electron chi connectivity index (χ2n) is 6.74. The largest absolute Gasteiger partial charge is 0.482 e. The van der Waals surface area contributed by atoms with Gasteiger partial charge in [-0.3, -0.25) is 4.79 Å². The Bertz CT molecular complexity index is 960. The number of carbonyl (C=O) groups excluding carboxylic acids is 1. The van der Waals surface area contributed by atoms with Crippen molar-refractivity contribution in [2.45, 2.75) is 26.2 Å². The van der Waals surface area contributed by atoms with Crippen molar-refractivity contribution in [2.75, 3.05) is 13.2 Å². The summed E-state index contributed by atoms with van der Waals surface area (Å²) < 4.78 is 5.10. The number of benzene rings is 2. The zero-order valence-electron chi connectivity index (χ0n) is 15.8. The van der Waals surface area contributed by atoms with Crippen molar-refractivity contribution >= 4 is 22.8 Å². The van der Waals surface area contributed by atoms with Gasteiger partial charge in [-0.1, -0.05) is 30.3 Å². The molecule has 28 heavy (non-hydrogen) atoms. The van der Waals surface area contributed by atoms with Gasteiger partial charge in [0, 0.05) is 30.1 Å². The Labute approximate surface area is 163 Å². The number of rotatable bonds is 9. The first kappa shape index (κ1) is 19.5. The lowest BCUT2D eigenvalue weighted by Gasteiger charge is -2.07. The van der Waals surface area contributed by atoms with Gasteiger partial charge in [0.2, 0.25) is 5.91 Å². The average Bonchev–Trinajstić information content (AvgIpc) is 3.10. The lowest BCUT2D eigenvalue weighted by Crippen LogP contribution is -2.25. The predicted octanol–water partition coefficient (Wildman–Crippen LogP) is 3.23. The Morgan fingerprint density at radius 1 is 1.11 bits per heavy atom. The van der Waals surface area contributed by atoms with Crippen LogP contribution in [0.15, 0.2) is 48.7 Å². The van der Waals surface area contributed by atoms with E-state index >= 15 is 0 Å². The van der Waals surface area contributed by atoms with E-state index < -0.39 is 5.97 Å². The van der Waals surface area contributed by atoms with Gasteiger partial charge in [0.15, 0.2) is 6.61 Å². The normalized spacial score (nSPS) is 10.8. The molecule has 1 heterocycles. The van der Waals surface area contributed by atoms with Crippen LogP contribution in [0.5, 0.6) is 5.75 Å². The maximum absolute atomic E-state index is 12.1. The molecule has 0 saturated heterocycles. The molecule has 0 fully saturated rings. The second-order valence-corrected chi connectivity index (χ2v) is 6.74. The van der Waals surface area contributed by atoms with Gasteiger partial charge in [0.05, 0.1) is 0 Å². The Hall–Kier alpha value is -3.28. The van der Waals surface area contributed by atoms with Crippen molar-refractivity contribution in [3.8, 4) is 5.75 Å². The van der Waals surface area contributed by atoms with Crippen LogP contribution in [0.25, 0.3) is 10.9 Å².